The average molecular weight is 326 g/mol. The fraction of sp³-hybridized carbons (Fsp3) is 0.571. The SMILES string of the molecule is CCc1ccnc(C(=O)N2CCN(CCS(N)(=O)=O)CC2)c1. The maximum atomic E-state index is 12.4. The van der Waals surface area contributed by atoms with Crippen LogP contribution in [0, 0.1) is 0 Å². The van der Waals surface area contributed by atoms with Crippen LogP contribution < -0.4 is 5.14 Å². The molecule has 0 atom stereocenters. The van der Waals surface area contributed by atoms with E-state index in [4.69, 9.17) is 5.14 Å². The Bertz CT molecular complexity index is 625. The Balaban J connectivity index is 1.89. The molecule has 7 nitrogen and oxygen atoms in total. The van der Waals surface area contributed by atoms with Gasteiger partial charge in [0, 0.05) is 38.9 Å². The summed E-state index contributed by atoms with van der Waals surface area (Å²) in [6.07, 6.45) is 2.53. The van der Waals surface area contributed by atoms with Crippen molar-refractivity contribution in [3.05, 3.63) is 29.6 Å². The van der Waals surface area contributed by atoms with Gasteiger partial charge in [-0.25, -0.2) is 13.6 Å². The number of pyridine rings is 1. The lowest BCUT2D eigenvalue weighted by molar-refractivity contribution is 0.0638. The predicted molar refractivity (Wildman–Crippen MR) is 83.9 cm³/mol. The van der Waals surface area contributed by atoms with Crippen molar-refractivity contribution >= 4 is 15.9 Å². The maximum Gasteiger partial charge on any atom is 0.272 e. The van der Waals surface area contributed by atoms with Crippen molar-refractivity contribution in [3.8, 4) is 0 Å². The van der Waals surface area contributed by atoms with E-state index in [1.54, 1.807) is 11.1 Å². The first-order chi connectivity index (χ1) is 10.4. The van der Waals surface area contributed by atoms with Crippen molar-refractivity contribution in [2.45, 2.75) is 13.3 Å². The van der Waals surface area contributed by atoms with Crippen LogP contribution >= 0.6 is 0 Å². The van der Waals surface area contributed by atoms with Crippen LogP contribution in [0.4, 0.5) is 0 Å². The number of primary sulfonamides is 1. The molecule has 1 aromatic heterocycles. The summed E-state index contributed by atoms with van der Waals surface area (Å²) in [4.78, 5) is 20.3. The third-order valence-electron chi connectivity index (χ3n) is 3.80. The van der Waals surface area contributed by atoms with Gasteiger partial charge in [-0.05, 0) is 24.1 Å². The molecule has 0 radical (unpaired) electrons. The smallest absolute Gasteiger partial charge is 0.272 e. The summed E-state index contributed by atoms with van der Waals surface area (Å²) in [5, 5.41) is 5.00. The largest absolute Gasteiger partial charge is 0.335 e. The van der Waals surface area contributed by atoms with Crippen LogP contribution in [0.3, 0.4) is 0 Å². The molecule has 0 aliphatic carbocycles. The number of rotatable bonds is 5. The second-order valence-corrected chi connectivity index (χ2v) is 7.14. The number of piperazine rings is 1. The van der Waals surface area contributed by atoms with E-state index in [1.807, 2.05) is 24.0 Å². The van der Waals surface area contributed by atoms with Crippen LogP contribution in [0.5, 0.6) is 0 Å². The Labute approximate surface area is 131 Å². The van der Waals surface area contributed by atoms with Gasteiger partial charge in [0.2, 0.25) is 10.0 Å². The van der Waals surface area contributed by atoms with Crippen molar-refractivity contribution < 1.29 is 13.2 Å². The summed E-state index contributed by atoms with van der Waals surface area (Å²) < 4.78 is 21.9. The molecule has 1 aliphatic rings. The quantitative estimate of drug-likeness (QED) is 0.800. The highest BCUT2D eigenvalue weighted by Crippen LogP contribution is 2.09. The van der Waals surface area contributed by atoms with E-state index in [0.29, 0.717) is 38.4 Å². The van der Waals surface area contributed by atoms with Gasteiger partial charge in [-0.3, -0.25) is 14.7 Å². The van der Waals surface area contributed by atoms with Gasteiger partial charge in [0.15, 0.2) is 0 Å². The highest BCUT2D eigenvalue weighted by Gasteiger charge is 2.23. The summed E-state index contributed by atoms with van der Waals surface area (Å²) in [5.41, 5.74) is 1.56. The minimum atomic E-state index is -3.44. The zero-order valence-corrected chi connectivity index (χ0v) is 13.6. The number of carbonyl (C=O) groups excluding carboxylic acids is 1. The van der Waals surface area contributed by atoms with E-state index in [9.17, 15) is 13.2 Å². The van der Waals surface area contributed by atoms with Gasteiger partial charge < -0.3 is 4.90 Å². The lowest BCUT2D eigenvalue weighted by Gasteiger charge is -2.34. The molecule has 22 heavy (non-hydrogen) atoms. The molecule has 0 aromatic carbocycles. The van der Waals surface area contributed by atoms with Crippen molar-refractivity contribution in [1.29, 1.82) is 0 Å². The lowest BCUT2D eigenvalue weighted by atomic mass is 10.1. The number of aromatic nitrogens is 1. The monoisotopic (exact) mass is 326 g/mol. The Morgan fingerprint density at radius 2 is 2.00 bits per heavy atom. The summed E-state index contributed by atoms with van der Waals surface area (Å²) in [7, 11) is -3.44. The highest BCUT2D eigenvalue weighted by molar-refractivity contribution is 7.89. The van der Waals surface area contributed by atoms with Gasteiger partial charge in [-0.15, -0.1) is 0 Å². The van der Waals surface area contributed by atoms with Gasteiger partial charge in [-0.2, -0.15) is 0 Å². The molecule has 2 heterocycles. The molecule has 2 rings (SSSR count). The third-order valence-corrected chi connectivity index (χ3v) is 4.55. The van der Waals surface area contributed by atoms with Gasteiger partial charge in [0.05, 0.1) is 5.75 Å². The summed E-state index contributed by atoms with van der Waals surface area (Å²) in [5.74, 6) is -0.123. The summed E-state index contributed by atoms with van der Waals surface area (Å²) >= 11 is 0. The van der Waals surface area contributed by atoms with Crippen molar-refractivity contribution in [3.63, 3.8) is 0 Å². The van der Waals surface area contributed by atoms with Gasteiger partial charge in [0.25, 0.3) is 5.91 Å². The molecule has 1 fully saturated rings. The predicted octanol–water partition coefficient (Wildman–Crippen LogP) is -0.310. The zero-order valence-electron chi connectivity index (χ0n) is 12.7. The minimum absolute atomic E-state index is 0.0545. The number of amides is 1. The van der Waals surface area contributed by atoms with E-state index < -0.39 is 10.0 Å². The highest BCUT2D eigenvalue weighted by atomic mass is 32.2. The van der Waals surface area contributed by atoms with Crippen LogP contribution in [0.2, 0.25) is 0 Å². The number of hydrogen-bond donors (Lipinski definition) is 1. The molecule has 0 saturated carbocycles. The number of aryl methyl sites for hydroxylation is 1. The molecule has 0 bridgehead atoms. The molecule has 1 amide bonds. The molecular formula is C14H22N4O3S. The van der Waals surface area contributed by atoms with Crippen molar-refractivity contribution in [2.75, 3.05) is 38.5 Å². The second kappa shape index (κ2) is 7.17. The van der Waals surface area contributed by atoms with Gasteiger partial charge in [0.1, 0.15) is 5.69 Å². The Hall–Kier alpha value is -1.51. The molecule has 0 spiro atoms. The van der Waals surface area contributed by atoms with E-state index in [-0.39, 0.29) is 11.7 Å². The first-order valence-electron chi connectivity index (χ1n) is 7.36. The number of carbonyl (C=O) groups is 1. The third kappa shape index (κ3) is 4.75. The molecule has 1 aliphatic heterocycles. The number of sulfonamides is 1. The Kier molecular flexibility index (Phi) is 5.49. The van der Waals surface area contributed by atoms with E-state index in [2.05, 4.69) is 4.98 Å². The van der Waals surface area contributed by atoms with E-state index in [0.717, 1.165) is 12.0 Å². The summed E-state index contributed by atoms with van der Waals surface area (Å²) in [6, 6.07) is 3.73. The van der Waals surface area contributed by atoms with E-state index in [1.165, 1.54) is 0 Å². The fourth-order valence-corrected chi connectivity index (χ4v) is 2.92. The number of nitrogens with two attached hydrogens (primary N) is 1. The fourth-order valence-electron chi connectivity index (χ4n) is 2.40. The first kappa shape index (κ1) is 16.9. The van der Waals surface area contributed by atoms with Crippen LogP contribution in [-0.2, 0) is 16.4 Å². The zero-order chi connectivity index (χ0) is 16.2. The maximum absolute atomic E-state index is 12.4. The lowest BCUT2D eigenvalue weighted by Crippen LogP contribution is -2.50. The van der Waals surface area contributed by atoms with Crippen LogP contribution in [0.1, 0.15) is 23.0 Å². The van der Waals surface area contributed by atoms with Crippen molar-refractivity contribution in [1.82, 2.24) is 14.8 Å². The molecule has 1 aromatic rings. The normalized spacial score (nSPS) is 16.7. The van der Waals surface area contributed by atoms with Gasteiger partial charge in [-0.1, -0.05) is 6.92 Å². The average Bonchev–Trinajstić information content (AvgIpc) is 2.52. The van der Waals surface area contributed by atoms with E-state index >= 15 is 0 Å². The van der Waals surface area contributed by atoms with Gasteiger partial charge >= 0.3 is 0 Å². The number of nitrogens with zero attached hydrogens (tertiary/aromatic N) is 3. The molecule has 8 heteroatoms. The topological polar surface area (TPSA) is 96.6 Å². The standard InChI is InChI=1S/C14H22N4O3S/c1-2-12-3-4-16-13(11-12)14(19)18-7-5-17(6-8-18)9-10-22(15,20)21/h3-4,11H,2,5-10H2,1H3,(H2,15,20,21). The molecule has 1 saturated heterocycles. The van der Waals surface area contributed by atoms with Crippen LogP contribution in [0.25, 0.3) is 0 Å². The first-order valence-corrected chi connectivity index (χ1v) is 9.07. The number of hydrogen-bond acceptors (Lipinski definition) is 5. The molecule has 122 valence electrons. The Morgan fingerprint density at radius 3 is 2.59 bits per heavy atom. The summed E-state index contributed by atoms with van der Waals surface area (Å²) in [6.45, 7) is 4.88. The molecular weight excluding hydrogens is 304 g/mol. The minimum Gasteiger partial charge on any atom is -0.335 e. The van der Waals surface area contributed by atoms with Crippen molar-refractivity contribution in [2.24, 2.45) is 5.14 Å². The van der Waals surface area contributed by atoms with Crippen LogP contribution in [0.15, 0.2) is 18.3 Å². The second-order valence-electron chi connectivity index (χ2n) is 5.40. The van der Waals surface area contributed by atoms with Crippen LogP contribution in [-0.4, -0.2) is 67.6 Å². The molecule has 2 N–H and O–H groups in total. The Morgan fingerprint density at radius 1 is 1.32 bits per heavy atom. The molecule has 0 unspecified atom stereocenters.